The van der Waals surface area contributed by atoms with Crippen LogP contribution in [0.15, 0.2) is 18.5 Å². The molecule has 1 fully saturated rings. The van der Waals surface area contributed by atoms with Crippen LogP contribution in [0.2, 0.25) is 0 Å². The number of anilines is 1. The van der Waals surface area contributed by atoms with E-state index in [1.807, 2.05) is 20.0 Å². The predicted octanol–water partition coefficient (Wildman–Crippen LogP) is 1.56. The lowest BCUT2D eigenvalue weighted by Crippen LogP contribution is -2.33. The van der Waals surface area contributed by atoms with Gasteiger partial charge in [0.2, 0.25) is 5.91 Å². The Labute approximate surface area is 122 Å². The Kier molecular flexibility index (Phi) is 3.74. The Hall–Kier alpha value is -2.15. The highest BCUT2D eigenvalue weighted by Gasteiger charge is 2.34. The standard InChI is InChI=1S/C14H19N5O2/c1-9-6-12(19(2)18-9)17-14(20)11-4-3-5-21-13(11)10-7-15-16-8-10/h6-8,11,13H,3-5H2,1-2H3,(H,15,16)(H,17,20)/t11-,13+/m1/s1. The zero-order valence-electron chi connectivity index (χ0n) is 12.2. The Morgan fingerprint density at radius 3 is 3.10 bits per heavy atom. The number of ether oxygens (including phenoxy) is 1. The van der Waals surface area contributed by atoms with E-state index in [-0.39, 0.29) is 17.9 Å². The summed E-state index contributed by atoms with van der Waals surface area (Å²) >= 11 is 0. The van der Waals surface area contributed by atoms with Crippen molar-refractivity contribution in [3.8, 4) is 0 Å². The average molecular weight is 289 g/mol. The molecule has 1 amide bonds. The number of rotatable bonds is 3. The zero-order chi connectivity index (χ0) is 14.8. The van der Waals surface area contributed by atoms with Gasteiger partial charge in [0, 0.05) is 31.5 Å². The number of aromatic nitrogens is 4. The number of aromatic amines is 1. The second kappa shape index (κ2) is 5.69. The Morgan fingerprint density at radius 2 is 2.43 bits per heavy atom. The van der Waals surface area contributed by atoms with Crippen LogP contribution in [0, 0.1) is 12.8 Å². The van der Waals surface area contributed by atoms with Crippen molar-refractivity contribution in [3.63, 3.8) is 0 Å². The number of hydrogen-bond acceptors (Lipinski definition) is 4. The van der Waals surface area contributed by atoms with Crippen molar-refractivity contribution >= 4 is 11.7 Å². The number of H-pyrrole nitrogens is 1. The third-order valence-electron chi connectivity index (χ3n) is 3.76. The van der Waals surface area contributed by atoms with Crippen LogP contribution in [0.3, 0.4) is 0 Å². The van der Waals surface area contributed by atoms with Crippen molar-refractivity contribution in [1.29, 1.82) is 0 Å². The molecule has 2 aromatic rings. The van der Waals surface area contributed by atoms with Crippen molar-refractivity contribution in [1.82, 2.24) is 20.0 Å². The molecule has 7 nitrogen and oxygen atoms in total. The van der Waals surface area contributed by atoms with Gasteiger partial charge >= 0.3 is 0 Å². The summed E-state index contributed by atoms with van der Waals surface area (Å²) < 4.78 is 7.46. The molecule has 3 heterocycles. The Balaban J connectivity index is 1.77. The molecule has 0 saturated carbocycles. The van der Waals surface area contributed by atoms with E-state index >= 15 is 0 Å². The first kappa shape index (κ1) is 13.8. The van der Waals surface area contributed by atoms with Gasteiger partial charge in [-0.25, -0.2) is 0 Å². The van der Waals surface area contributed by atoms with Gasteiger partial charge in [-0.3, -0.25) is 14.6 Å². The molecule has 3 rings (SSSR count). The SMILES string of the molecule is Cc1cc(NC(=O)[C@@H]2CCCO[C@H]2c2cn[nH]c2)n(C)n1. The molecule has 2 N–H and O–H groups in total. The van der Waals surface area contributed by atoms with Crippen molar-refractivity contribution in [2.75, 3.05) is 11.9 Å². The van der Waals surface area contributed by atoms with Crippen LogP contribution in [0.25, 0.3) is 0 Å². The maximum atomic E-state index is 12.6. The number of amides is 1. The number of hydrogen-bond donors (Lipinski definition) is 2. The highest BCUT2D eigenvalue weighted by molar-refractivity contribution is 5.92. The molecular formula is C14H19N5O2. The van der Waals surface area contributed by atoms with Crippen LogP contribution in [-0.2, 0) is 16.6 Å². The summed E-state index contributed by atoms with van der Waals surface area (Å²) in [5.74, 6) is 0.449. The summed E-state index contributed by atoms with van der Waals surface area (Å²) in [5.41, 5.74) is 1.79. The number of nitrogens with zero attached hydrogens (tertiary/aromatic N) is 3. The molecule has 0 radical (unpaired) electrons. The monoisotopic (exact) mass is 289 g/mol. The lowest BCUT2D eigenvalue weighted by Gasteiger charge is -2.30. The lowest BCUT2D eigenvalue weighted by atomic mass is 9.90. The minimum Gasteiger partial charge on any atom is -0.373 e. The van der Waals surface area contributed by atoms with Crippen molar-refractivity contribution in [2.24, 2.45) is 13.0 Å². The van der Waals surface area contributed by atoms with Gasteiger partial charge in [0.05, 0.1) is 23.9 Å². The highest BCUT2D eigenvalue weighted by atomic mass is 16.5. The molecule has 112 valence electrons. The summed E-state index contributed by atoms with van der Waals surface area (Å²) in [4.78, 5) is 12.6. The fraction of sp³-hybridized carbons (Fsp3) is 0.500. The molecule has 2 aromatic heterocycles. The highest BCUT2D eigenvalue weighted by Crippen LogP contribution is 2.34. The van der Waals surface area contributed by atoms with E-state index in [2.05, 4.69) is 20.6 Å². The second-order valence-electron chi connectivity index (χ2n) is 5.36. The van der Waals surface area contributed by atoms with E-state index < -0.39 is 0 Å². The zero-order valence-corrected chi connectivity index (χ0v) is 12.2. The van der Waals surface area contributed by atoms with Crippen molar-refractivity contribution in [3.05, 3.63) is 29.7 Å². The fourth-order valence-electron chi connectivity index (χ4n) is 2.74. The van der Waals surface area contributed by atoms with E-state index in [1.165, 1.54) is 0 Å². The van der Waals surface area contributed by atoms with Gasteiger partial charge in [0.1, 0.15) is 5.82 Å². The van der Waals surface area contributed by atoms with Gasteiger partial charge in [0.25, 0.3) is 0 Å². The topological polar surface area (TPSA) is 84.8 Å². The number of carbonyl (C=O) groups excluding carboxylic acids is 1. The summed E-state index contributed by atoms with van der Waals surface area (Å²) in [6.45, 7) is 2.57. The summed E-state index contributed by atoms with van der Waals surface area (Å²) in [6.07, 6.45) is 4.94. The molecule has 1 saturated heterocycles. The average Bonchev–Trinajstić information content (AvgIpc) is 3.09. The molecule has 0 spiro atoms. The van der Waals surface area contributed by atoms with Crippen LogP contribution < -0.4 is 5.32 Å². The van der Waals surface area contributed by atoms with Crippen LogP contribution in [0.4, 0.5) is 5.82 Å². The molecule has 0 aromatic carbocycles. The van der Waals surface area contributed by atoms with Crippen LogP contribution in [0.5, 0.6) is 0 Å². The third kappa shape index (κ3) is 2.82. The third-order valence-corrected chi connectivity index (χ3v) is 3.76. The van der Waals surface area contributed by atoms with Crippen molar-refractivity contribution in [2.45, 2.75) is 25.9 Å². The first-order valence-electron chi connectivity index (χ1n) is 7.07. The van der Waals surface area contributed by atoms with E-state index in [0.29, 0.717) is 12.4 Å². The molecule has 1 aliphatic rings. The normalized spacial score (nSPS) is 22.2. The van der Waals surface area contributed by atoms with Crippen LogP contribution in [-0.4, -0.2) is 32.5 Å². The molecule has 1 aliphatic heterocycles. The predicted molar refractivity (Wildman–Crippen MR) is 76.6 cm³/mol. The van der Waals surface area contributed by atoms with Crippen LogP contribution >= 0.6 is 0 Å². The van der Waals surface area contributed by atoms with E-state index in [0.717, 1.165) is 24.1 Å². The molecule has 2 atom stereocenters. The van der Waals surface area contributed by atoms with Gasteiger partial charge in [-0.15, -0.1) is 0 Å². The smallest absolute Gasteiger partial charge is 0.231 e. The Morgan fingerprint density at radius 1 is 1.57 bits per heavy atom. The lowest BCUT2D eigenvalue weighted by molar-refractivity contribution is -0.129. The number of aryl methyl sites for hydroxylation is 2. The van der Waals surface area contributed by atoms with Gasteiger partial charge in [0.15, 0.2) is 0 Å². The molecular weight excluding hydrogens is 270 g/mol. The van der Waals surface area contributed by atoms with Gasteiger partial charge in [-0.2, -0.15) is 10.2 Å². The summed E-state index contributed by atoms with van der Waals surface area (Å²) in [7, 11) is 1.81. The summed E-state index contributed by atoms with van der Waals surface area (Å²) in [6, 6.07) is 1.86. The first-order chi connectivity index (χ1) is 10.1. The van der Waals surface area contributed by atoms with Gasteiger partial charge < -0.3 is 10.1 Å². The van der Waals surface area contributed by atoms with Gasteiger partial charge in [-0.1, -0.05) is 0 Å². The van der Waals surface area contributed by atoms with E-state index in [4.69, 9.17) is 4.74 Å². The molecule has 0 bridgehead atoms. The quantitative estimate of drug-likeness (QED) is 0.898. The van der Waals surface area contributed by atoms with Gasteiger partial charge in [-0.05, 0) is 19.8 Å². The largest absolute Gasteiger partial charge is 0.373 e. The molecule has 0 aliphatic carbocycles. The number of carbonyl (C=O) groups is 1. The van der Waals surface area contributed by atoms with Crippen molar-refractivity contribution < 1.29 is 9.53 Å². The summed E-state index contributed by atoms with van der Waals surface area (Å²) in [5, 5.41) is 13.9. The molecule has 7 heteroatoms. The minimum atomic E-state index is -0.244. The maximum absolute atomic E-state index is 12.6. The van der Waals surface area contributed by atoms with Crippen LogP contribution in [0.1, 0.15) is 30.2 Å². The molecule has 0 unspecified atom stereocenters. The fourth-order valence-corrected chi connectivity index (χ4v) is 2.74. The number of nitrogens with one attached hydrogen (secondary N) is 2. The van der Waals surface area contributed by atoms with E-state index in [9.17, 15) is 4.79 Å². The first-order valence-corrected chi connectivity index (χ1v) is 7.07. The second-order valence-corrected chi connectivity index (χ2v) is 5.36. The van der Waals surface area contributed by atoms with E-state index in [1.54, 1.807) is 17.1 Å². The molecule has 21 heavy (non-hydrogen) atoms. The minimum absolute atomic E-state index is 0.0381. The Bertz CT molecular complexity index is 619. The maximum Gasteiger partial charge on any atom is 0.231 e.